The normalized spacial score (nSPS) is 20.0. The lowest BCUT2D eigenvalue weighted by atomic mass is 10.1. The van der Waals surface area contributed by atoms with Crippen LogP contribution >= 0.6 is 0 Å². The van der Waals surface area contributed by atoms with Crippen LogP contribution in [0.4, 0.5) is 4.79 Å². The van der Waals surface area contributed by atoms with Crippen molar-refractivity contribution in [1.82, 2.24) is 40.7 Å². The highest BCUT2D eigenvalue weighted by Crippen LogP contribution is 2.27. The maximum Gasteiger partial charge on any atom is 0.330 e. The highest BCUT2D eigenvalue weighted by molar-refractivity contribution is 5.93. The van der Waals surface area contributed by atoms with E-state index in [-0.39, 0.29) is 19.4 Å². The lowest BCUT2D eigenvalue weighted by Gasteiger charge is -2.33. The molecule has 1 aliphatic rings. The Bertz CT molecular complexity index is 1870. The number of carbonyl (C=O) groups is 5. The first-order chi connectivity index (χ1) is 24.1. The summed E-state index contributed by atoms with van der Waals surface area (Å²) in [6.45, 7) is 4.12. The molecule has 0 spiro atoms. The summed E-state index contributed by atoms with van der Waals surface area (Å²) in [7, 11) is 1.40. The van der Waals surface area contributed by atoms with Crippen LogP contribution in [-0.2, 0) is 30.3 Å². The molecule has 1 saturated heterocycles. The third-order valence-corrected chi connectivity index (χ3v) is 8.65. The lowest BCUT2D eigenvalue weighted by molar-refractivity contribution is -0.139. The number of nitrogens with zero attached hydrogens (tertiary/aromatic N) is 2. The van der Waals surface area contributed by atoms with Gasteiger partial charge in [0.1, 0.15) is 24.2 Å². The standard InChI is InChI=1S/C32H43N9O10/c1-15(33)28(46)40(4)17(3)25(27(45)35-14-19-12-23(42)29(51-19)41-10-9-24(43)38-32(41)50)39-26(44)16(2)36-31(49)37-22(30(47)48)11-18-13-34-21-8-6-5-7-20(18)21/h5-10,13,15-17,19,22-23,25,29,34,42H,11-12,14,33H2,1-4H3,(H,35,45)(H,39,44)(H,47,48)(H2,36,37,49)(H,38,43,50)/t15-,16-,17-,19?,22-,23?,25-,29?/m0/s1. The molecule has 1 fully saturated rings. The molecule has 10 N–H and O–H groups in total. The Labute approximate surface area is 290 Å². The second-order valence-electron chi connectivity index (χ2n) is 12.5. The van der Waals surface area contributed by atoms with Crippen molar-refractivity contribution in [3.8, 4) is 0 Å². The first kappa shape index (κ1) is 38.3. The number of aliphatic hydroxyl groups excluding tert-OH is 1. The number of hydrogen-bond acceptors (Lipinski definition) is 10. The summed E-state index contributed by atoms with van der Waals surface area (Å²) in [6.07, 6.45) is -0.267. The van der Waals surface area contributed by atoms with E-state index < -0.39 is 89.6 Å². The van der Waals surface area contributed by atoms with Gasteiger partial charge < -0.3 is 51.8 Å². The number of rotatable bonds is 14. The van der Waals surface area contributed by atoms with Crippen LogP contribution in [0.3, 0.4) is 0 Å². The zero-order valence-electron chi connectivity index (χ0n) is 28.4. The fourth-order valence-corrected chi connectivity index (χ4v) is 5.68. The minimum Gasteiger partial charge on any atom is -0.480 e. The van der Waals surface area contributed by atoms with E-state index in [1.165, 1.54) is 38.9 Å². The third-order valence-electron chi connectivity index (χ3n) is 8.65. The van der Waals surface area contributed by atoms with Gasteiger partial charge in [-0.25, -0.2) is 14.4 Å². The van der Waals surface area contributed by atoms with Gasteiger partial charge in [-0.15, -0.1) is 0 Å². The monoisotopic (exact) mass is 713 g/mol. The molecule has 8 atom stereocenters. The number of aliphatic hydroxyl groups is 1. The molecule has 5 amide bonds. The molecule has 0 radical (unpaired) electrons. The minimum absolute atomic E-state index is 0.0138. The number of H-pyrrole nitrogens is 2. The number of likely N-dealkylation sites (N-methyl/N-ethyl adjacent to an activating group) is 1. The molecule has 3 heterocycles. The van der Waals surface area contributed by atoms with Gasteiger partial charge in [0.05, 0.1) is 18.2 Å². The average Bonchev–Trinajstić information content (AvgIpc) is 3.66. The maximum atomic E-state index is 13.5. The molecule has 3 unspecified atom stereocenters. The maximum absolute atomic E-state index is 13.5. The molecule has 1 aliphatic heterocycles. The van der Waals surface area contributed by atoms with Crippen molar-refractivity contribution in [1.29, 1.82) is 0 Å². The number of benzene rings is 1. The summed E-state index contributed by atoms with van der Waals surface area (Å²) >= 11 is 0. The van der Waals surface area contributed by atoms with Crippen LogP contribution in [0.1, 0.15) is 39.0 Å². The molecule has 19 heteroatoms. The Balaban J connectivity index is 1.40. The molecule has 1 aromatic carbocycles. The molecule has 51 heavy (non-hydrogen) atoms. The van der Waals surface area contributed by atoms with Crippen LogP contribution in [0.25, 0.3) is 10.9 Å². The number of nitrogens with one attached hydrogen (secondary N) is 6. The van der Waals surface area contributed by atoms with E-state index in [4.69, 9.17) is 10.5 Å². The van der Waals surface area contributed by atoms with E-state index in [1.807, 2.05) is 18.2 Å². The van der Waals surface area contributed by atoms with Crippen molar-refractivity contribution in [2.75, 3.05) is 13.6 Å². The summed E-state index contributed by atoms with van der Waals surface area (Å²) < 4.78 is 6.78. The van der Waals surface area contributed by atoms with Gasteiger partial charge in [-0.05, 0) is 32.4 Å². The van der Waals surface area contributed by atoms with Gasteiger partial charge in [-0.2, -0.15) is 0 Å². The van der Waals surface area contributed by atoms with Crippen molar-refractivity contribution >= 4 is 40.6 Å². The quantitative estimate of drug-likeness (QED) is 0.0868. The van der Waals surface area contributed by atoms with E-state index in [2.05, 4.69) is 31.2 Å². The Morgan fingerprint density at radius 2 is 1.76 bits per heavy atom. The predicted molar refractivity (Wildman–Crippen MR) is 181 cm³/mol. The molecule has 3 aromatic rings. The lowest BCUT2D eigenvalue weighted by Crippen LogP contribution is -2.62. The topological polar surface area (TPSA) is 283 Å². The number of hydrogen-bond donors (Lipinski definition) is 9. The Kier molecular flexibility index (Phi) is 12.3. The van der Waals surface area contributed by atoms with E-state index in [0.717, 1.165) is 21.5 Å². The van der Waals surface area contributed by atoms with Crippen LogP contribution in [0.2, 0.25) is 0 Å². The van der Waals surface area contributed by atoms with E-state index in [9.17, 15) is 43.8 Å². The number of urea groups is 1. The van der Waals surface area contributed by atoms with Crippen molar-refractivity contribution < 1.29 is 38.9 Å². The van der Waals surface area contributed by atoms with Gasteiger partial charge in [-0.3, -0.25) is 28.7 Å². The highest BCUT2D eigenvalue weighted by Gasteiger charge is 2.38. The molecule has 2 aromatic heterocycles. The third kappa shape index (κ3) is 9.38. The summed E-state index contributed by atoms with van der Waals surface area (Å²) in [6, 6.07) is 1.56. The van der Waals surface area contributed by atoms with Gasteiger partial charge in [-0.1, -0.05) is 18.2 Å². The average molecular weight is 714 g/mol. The molecular weight excluding hydrogens is 670 g/mol. The number of amides is 5. The molecule has 276 valence electrons. The molecule has 0 saturated carbocycles. The number of para-hydroxylation sites is 1. The zero-order valence-corrected chi connectivity index (χ0v) is 28.4. The van der Waals surface area contributed by atoms with Crippen LogP contribution in [0.5, 0.6) is 0 Å². The summed E-state index contributed by atoms with van der Waals surface area (Å²) in [5, 5.41) is 31.0. The number of ether oxygens (including phenoxy) is 1. The van der Waals surface area contributed by atoms with Crippen LogP contribution < -0.4 is 38.2 Å². The Morgan fingerprint density at radius 1 is 1.06 bits per heavy atom. The van der Waals surface area contributed by atoms with Crippen molar-refractivity contribution in [2.45, 2.75) is 82.3 Å². The molecular formula is C32H43N9O10. The first-order valence-electron chi connectivity index (χ1n) is 16.2. The molecule has 4 rings (SSSR count). The summed E-state index contributed by atoms with van der Waals surface area (Å²) in [4.78, 5) is 94.3. The molecule has 0 bridgehead atoms. The van der Waals surface area contributed by atoms with Gasteiger partial charge in [0, 0.05) is 55.8 Å². The molecule has 19 nitrogen and oxygen atoms in total. The predicted octanol–water partition coefficient (Wildman–Crippen LogP) is -2.15. The first-order valence-corrected chi connectivity index (χ1v) is 16.2. The fourth-order valence-electron chi connectivity index (χ4n) is 5.68. The largest absolute Gasteiger partial charge is 0.480 e. The number of nitrogens with two attached hydrogens (primary N) is 1. The Morgan fingerprint density at radius 3 is 2.43 bits per heavy atom. The Hall–Kier alpha value is -5.53. The second kappa shape index (κ2) is 16.5. The number of aromatic nitrogens is 3. The van der Waals surface area contributed by atoms with Crippen LogP contribution in [-0.4, -0.2) is 115 Å². The van der Waals surface area contributed by atoms with Crippen LogP contribution in [0, 0.1) is 0 Å². The fraction of sp³-hybridized carbons (Fsp3) is 0.469. The number of aliphatic carboxylic acids is 1. The SMILES string of the molecule is C[C@H](N)C(=O)N(C)[C@@H](C)[C@H](NC(=O)[C@H](C)NC(=O)N[C@@H](Cc1c[nH]c2ccccc12)C(=O)O)C(=O)NCC1CC(O)C(n2ccc(=O)[nH]c2=O)O1. The molecule has 0 aliphatic carbocycles. The van der Waals surface area contributed by atoms with Crippen molar-refractivity contribution in [3.63, 3.8) is 0 Å². The summed E-state index contributed by atoms with van der Waals surface area (Å²) in [5.74, 6) is -3.39. The van der Waals surface area contributed by atoms with E-state index >= 15 is 0 Å². The second-order valence-corrected chi connectivity index (χ2v) is 12.5. The summed E-state index contributed by atoms with van der Waals surface area (Å²) in [5.41, 5.74) is 5.80. The smallest absolute Gasteiger partial charge is 0.330 e. The van der Waals surface area contributed by atoms with E-state index in [0.29, 0.717) is 5.56 Å². The van der Waals surface area contributed by atoms with E-state index in [1.54, 1.807) is 12.3 Å². The number of fused-ring (bicyclic) bond motifs is 1. The zero-order chi connectivity index (χ0) is 37.6. The highest BCUT2D eigenvalue weighted by atomic mass is 16.5. The minimum atomic E-state index is -1.38. The number of carboxylic acid groups (broad SMARTS) is 1. The van der Waals surface area contributed by atoms with Gasteiger partial charge in [0.2, 0.25) is 17.7 Å². The van der Waals surface area contributed by atoms with Gasteiger partial charge in [0.15, 0.2) is 6.23 Å². The van der Waals surface area contributed by atoms with Gasteiger partial charge in [0.25, 0.3) is 5.56 Å². The van der Waals surface area contributed by atoms with Crippen molar-refractivity contribution in [2.24, 2.45) is 5.73 Å². The van der Waals surface area contributed by atoms with Gasteiger partial charge >= 0.3 is 17.7 Å². The van der Waals surface area contributed by atoms with Crippen LogP contribution in [0.15, 0.2) is 52.3 Å². The number of carbonyl (C=O) groups excluding carboxylic acids is 4. The van der Waals surface area contributed by atoms with Crippen molar-refractivity contribution in [3.05, 3.63) is 69.1 Å². The number of carboxylic acids is 1. The number of aromatic amines is 2.